The Kier molecular flexibility index (Phi) is 5.88. The van der Waals surface area contributed by atoms with Gasteiger partial charge in [0, 0.05) is 23.7 Å². The number of hydrogen-bond acceptors (Lipinski definition) is 2. The second-order valence-corrected chi connectivity index (χ2v) is 6.29. The van der Waals surface area contributed by atoms with Gasteiger partial charge in [0.05, 0.1) is 0 Å². The Balaban J connectivity index is 2.21. The molecule has 3 heteroatoms. The molecule has 1 atom stereocenters. The molecule has 112 valence electrons. The van der Waals surface area contributed by atoms with Crippen LogP contribution in [-0.4, -0.2) is 24.0 Å². The Hall–Kier alpha value is -0.570. The van der Waals surface area contributed by atoms with E-state index in [2.05, 4.69) is 30.0 Å². The summed E-state index contributed by atoms with van der Waals surface area (Å²) in [6, 6.07) is 7.36. The topological polar surface area (TPSA) is 29.3 Å². The van der Waals surface area contributed by atoms with Crippen molar-refractivity contribution in [2.45, 2.75) is 58.0 Å². The van der Waals surface area contributed by atoms with Crippen LogP contribution in [0, 0.1) is 6.92 Å². The predicted molar refractivity (Wildman–Crippen MR) is 87.2 cm³/mol. The molecule has 0 spiro atoms. The Bertz CT molecular complexity index is 427. The molecular formula is C17H27ClN2. The summed E-state index contributed by atoms with van der Waals surface area (Å²) < 4.78 is 0. The van der Waals surface area contributed by atoms with E-state index in [1.807, 2.05) is 6.92 Å². The second-order valence-electron chi connectivity index (χ2n) is 5.88. The largest absolute Gasteiger partial charge is 0.329 e. The van der Waals surface area contributed by atoms with E-state index in [9.17, 15) is 0 Å². The second kappa shape index (κ2) is 7.44. The lowest BCUT2D eigenvalue weighted by Crippen LogP contribution is -2.42. The molecule has 1 fully saturated rings. The molecule has 1 aromatic carbocycles. The third-order valence-corrected chi connectivity index (χ3v) is 5.02. The van der Waals surface area contributed by atoms with E-state index >= 15 is 0 Å². The number of rotatable bonds is 5. The van der Waals surface area contributed by atoms with Crippen molar-refractivity contribution in [1.29, 1.82) is 0 Å². The van der Waals surface area contributed by atoms with Crippen LogP contribution in [-0.2, 0) is 0 Å². The first-order chi connectivity index (χ1) is 9.67. The average Bonchev–Trinajstić information content (AvgIpc) is 2.48. The van der Waals surface area contributed by atoms with E-state index in [1.165, 1.54) is 37.7 Å². The summed E-state index contributed by atoms with van der Waals surface area (Å²) in [5.74, 6) is 0. The van der Waals surface area contributed by atoms with Crippen LogP contribution in [0.25, 0.3) is 0 Å². The third-order valence-electron chi connectivity index (χ3n) is 4.61. The van der Waals surface area contributed by atoms with Gasteiger partial charge in [0.25, 0.3) is 0 Å². The van der Waals surface area contributed by atoms with Gasteiger partial charge in [-0.15, -0.1) is 0 Å². The zero-order chi connectivity index (χ0) is 14.5. The van der Waals surface area contributed by atoms with Crippen LogP contribution in [0.1, 0.15) is 56.2 Å². The molecule has 20 heavy (non-hydrogen) atoms. The van der Waals surface area contributed by atoms with E-state index in [0.29, 0.717) is 18.6 Å². The van der Waals surface area contributed by atoms with E-state index < -0.39 is 0 Å². The van der Waals surface area contributed by atoms with Crippen molar-refractivity contribution in [3.05, 3.63) is 34.3 Å². The fraction of sp³-hybridized carbons (Fsp3) is 0.647. The lowest BCUT2D eigenvalue weighted by atomic mass is 9.91. The van der Waals surface area contributed by atoms with Gasteiger partial charge in [-0.05, 0) is 43.5 Å². The Morgan fingerprint density at radius 3 is 2.55 bits per heavy atom. The summed E-state index contributed by atoms with van der Waals surface area (Å²) in [7, 11) is 0. The van der Waals surface area contributed by atoms with Crippen molar-refractivity contribution in [2.24, 2.45) is 5.73 Å². The van der Waals surface area contributed by atoms with Crippen LogP contribution >= 0.6 is 11.6 Å². The van der Waals surface area contributed by atoms with Crippen LogP contribution in [0.4, 0.5) is 0 Å². The molecule has 0 bridgehead atoms. The lowest BCUT2D eigenvalue weighted by molar-refractivity contribution is 0.114. The van der Waals surface area contributed by atoms with Gasteiger partial charge < -0.3 is 5.73 Å². The van der Waals surface area contributed by atoms with Crippen molar-refractivity contribution < 1.29 is 0 Å². The zero-order valence-corrected chi connectivity index (χ0v) is 13.5. The van der Waals surface area contributed by atoms with Gasteiger partial charge in [-0.25, -0.2) is 0 Å². The number of hydrogen-bond donors (Lipinski definition) is 1. The van der Waals surface area contributed by atoms with Gasteiger partial charge in [-0.3, -0.25) is 4.90 Å². The molecule has 0 heterocycles. The van der Waals surface area contributed by atoms with Gasteiger partial charge in [0.1, 0.15) is 0 Å². The zero-order valence-electron chi connectivity index (χ0n) is 12.7. The van der Waals surface area contributed by atoms with Crippen LogP contribution in [0.3, 0.4) is 0 Å². The monoisotopic (exact) mass is 294 g/mol. The predicted octanol–water partition coefficient (Wildman–Crippen LogP) is 4.30. The van der Waals surface area contributed by atoms with Crippen LogP contribution < -0.4 is 5.73 Å². The molecule has 1 unspecified atom stereocenters. The van der Waals surface area contributed by atoms with Crippen molar-refractivity contribution in [3.63, 3.8) is 0 Å². The molecule has 0 saturated heterocycles. The highest BCUT2D eigenvalue weighted by Gasteiger charge is 2.26. The average molecular weight is 295 g/mol. The SMILES string of the molecule is CCN(C1CCCCC1)C(CN)c1ccc(C)c(Cl)c1. The molecule has 0 aromatic heterocycles. The fourth-order valence-electron chi connectivity index (χ4n) is 3.43. The van der Waals surface area contributed by atoms with Crippen molar-refractivity contribution in [2.75, 3.05) is 13.1 Å². The van der Waals surface area contributed by atoms with E-state index in [0.717, 1.165) is 17.1 Å². The Labute approximate surface area is 128 Å². The van der Waals surface area contributed by atoms with Gasteiger partial charge in [0.15, 0.2) is 0 Å². The summed E-state index contributed by atoms with van der Waals surface area (Å²) in [6.07, 6.45) is 6.71. The number of nitrogens with zero attached hydrogens (tertiary/aromatic N) is 1. The molecule has 2 rings (SSSR count). The van der Waals surface area contributed by atoms with Crippen LogP contribution in [0.15, 0.2) is 18.2 Å². The number of benzene rings is 1. The van der Waals surface area contributed by atoms with Gasteiger partial charge in [-0.2, -0.15) is 0 Å². The maximum absolute atomic E-state index is 6.29. The molecular weight excluding hydrogens is 268 g/mol. The number of nitrogens with two attached hydrogens (primary N) is 1. The minimum Gasteiger partial charge on any atom is -0.329 e. The first-order valence-electron chi connectivity index (χ1n) is 7.89. The normalized spacial score (nSPS) is 18.4. The summed E-state index contributed by atoms with van der Waals surface area (Å²) in [5, 5.41) is 0.848. The van der Waals surface area contributed by atoms with Crippen molar-refractivity contribution in [1.82, 2.24) is 4.90 Å². The minimum absolute atomic E-state index is 0.293. The van der Waals surface area contributed by atoms with Crippen molar-refractivity contribution in [3.8, 4) is 0 Å². The fourth-order valence-corrected chi connectivity index (χ4v) is 3.61. The van der Waals surface area contributed by atoms with Crippen LogP contribution in [0.5, 0.6) is 0 Å². The number of aryl methyl sites for hydroxylation is 1. The quantitative estimate of drug-likeness (QED) is 0.877. The molecule has 2 N–H and O–H groups in total. The van der Waals surface area contributed by atoms with E-state index in [4.69, 9.17) is 17.3 Å². The Morgan fingerprint density at radius 1 is 1.30 bits per heavy atom. The first kappa shape index (κ1) is 15.8. The van der Waals surface area contributed by atoms with E-state index in [1.54, 1.807) is 0 Å². The van der Waals surface area contributed by atoms with Crippen LogP contribution in [0.2, 0.25) is 5.02 Å². The summed E-state index contributed by atoms with van der Waals surface area (Å²) in [4.78, 5) is 2.58. The molecule has 1 aliphatic rings. The molecule has 2 nitrogen and oxygen atoms in total. The van der Waals surface area contributed by atoms with E-state index in [-0.39, 0.29) is 0 Å². The lowest BCUT2D eigenvalue weighted by Gasteiger charge is -2.39. The molecule has 1 saturated carbocycles. The smallest absolute Gasteiger partial charge is 0.0473 e. The summed E-state index contributed by atoms with van der Waals surface area (Å²) >= 11 is 6.29. The molecule has 1 aliphatic carbocycles. The van der Waals surface area contributed by atoms with Gasteiger partial charge >= 0.3 is 0 Å². The standard InChI is InChI=1S/C17H27ClN2/c1-3-20(15-7-5-4-6-8-15)17(12-19)14-10-9-13(2)16(18)11-14/h9-11,15,17H,3-8,12,19H2,1-2H3. The summed E-state index contributed by atoms with van der Waals surface area (Å²) in [6.45, 7) is 6.00. The highest BCUT2D eigenvalue weighted by molar-refractivity contribution is 6.31. The maximum atomic E-state index is 6.29. The third kappa shape index (κ3) is 3.55. The Morgan fingerprint density at radius 2 is 2.00 bits per heavy atom. The first-order valence-corrected chi connectivity index (χ1v) is 8.27. The highest BCUT2D eigenvalue weighted by atomic mass is 35.5. The number of likely N-dealkylation sites (N-methyl/N-ethyl adjacent to an activating group) is 1. The minimum atomic E-state index is 0.293. The van der Waals surface area contributed by atoms with Gasteiger partial charge in [-0.1, -0.05) is 49.9 Å². The molecule has 0 aliphatic heterocycles. The molecule has 1 aromatic rings. The molecule has 0 amide bonds. The highest BCUT2D eigenvalue weighted by Crippen LogP contribution is 2.31. The maximum Gasteiger partial charge on any atom is 0.0473 e. The van der Waals surface area contributed by atoms with Gasteiger partial charge in [0.2, 0.25) is 0 Å². The summed E-state index contributed by atoms with van der Waals surface area (Å²) in [5.41, 5.74) is 8.48. The molecule has 0 radical (unpaired) electrons. The van der Waals surface area contributed by atoms with Crippen molar-refractivity contribution >= 4 is 11.6 Å². The number of halogens is 1.